The number of pyridine rings is 1. The van der Waals surface area contributed by atoms with E-state index in [9.17, 15) is 13.6 Å². The van der Waals surface area contributed by atoms with Gasteiger partial charge >= 0.3 is 0 Å². The van der Waals surface area contributed by atoms with Crippen molar-refractivity contribution in [1.29, 1.82) is 0 Å². The topological polar surface area (TPSA) is 130 Å². The minimum absolute atomic E-state index is 0.114. The number of benzene rings is 2. The molecular weight excluding hydrogens is 508 g/mol. The van der Waals surface area contributed by atoms with Gasteiger partial charge in [0, 0.05) is 35.5 Å². The third kappa shape index (κ3) is 5.04. The number of carbonyl (C=O) groups excluding carboxylic acids is 1. The van der Waals surface area contributed by atoms with Gasteiger partial charge in [-0.2, -0.15) is 5.10 Å². The zero-order valence-electron chi connectivity index (χ0n) is 21.0. The van der Waals surface area contributed by atoms with Gasteiger partial charge in [0.05, 0.1) is 43.2 Å². The predicted octanol–water partition coefficient (Wildman–Crippen LogP) is 4.46. The number of nitrogens with two attached hydrogens (primary N) is 1. The Balaban J connectivity index is 1.57. The average Bonchev–Trinajstić information content (AvgIpc) is 3.29. The first-order valence-corrected chi connectivity index (χ1v) is 11.9. The lowest BCUT2D eigenvalue weighted by Gasteiger charge is -2.12. The van der Waals surface area contributed by atoms with Gasteiger partial charge in [-0.25, -0.2) is 18.7 Å². The minimum atomic E-state index is -0.741. The lowest BCUT2D eigenvalue weighted by atomic mass is 10.1. The van der Waals surface area contributed by atoms with Crippen molar-refractivity contribution in [3.8, 4) is 23.0 Å². The summed E-state index contributed by atoms with van der Waals surface area (Å²) in [7, 11) is 1.45. The van der Waals surface area contributed by atoms with Crippen molar-refractivity contribution in [3.63, 3.8) is 0 Å². The van der Waals surface area contributed by atoms with Gasteiger partial charge in [-0.05, 0) is 19.1 Å². The second kappa shape index (κ2) is 10.7. The van der Waals surface area contributed by atoms with Crippen molar-refractivity contribution >= 4 is 28.3 Å². The Morgan fingerprint density at radius 3 is 2.62 bits per heavy atom. The smallest absolute Gasteiger partial charge is 0.252 e. The number of hydrogen-bond acceptors (Lipinski definition) is 8. The van der Waals surface area contributed by atoms with Crippen LogP contribution in [0.25, 0.3) is 22.4 Å². The van der Waals surface area contributed by atoms with Gasteiger partial charge in [-0.1, -0.05) is 18.2 Å². The van der Waals surface area contributed by atoms with Gasteiger partial charge in [-0.15, -0.1) is 0 Å². The summed E-state index contributed by atoms with van der Waals surface area (Å²) in [4.78, 5) is 24.8. The standard InChI is InChI=1S/C27H23F2N7O3/c1-3-39-15-10-19(28)18(20(29)11-15)14-36-22-7-5-4-6-16(22)24(35-36)27-32-13-23(38-2)26(34-27)33-21-8-9-31-12-17(21)25(30)37/h4-13H,3,14H2,1-2H3,(H2,30,37)(H,31,32,33,34). The molecule has 198 valence electrons. The number of nitrogens with one attached hydrogen (secondary N) is 1. The number of amides is 1. The second-order valence-corrected chi connectivity index (χ2v) is 8.34. The molecule has 5 aromatic rings. The van der Waals surface area contributed by atoms with Crippen molar-refractivity contribution in [2.45, 2.75) is 13.5 Å². The Hall–Kier alpha value is -5.13. The molecule has 0 unspecified atom stereocenters. The molecule has 39 heavy (non-hydrogen) atoms. The maximum absolute atomic E-state index is 14.8. The summed E-state index contributed by atoms with van der Waals surface area (Å²) in [5.74, 6) is -1.27. The fourth-order valence-corrected chi connectivity index (χ4v) is 4.09. The van der Waals surface area contributed by atoms with Crippen molar-refractivity contribution in [2.24, 2.45) is 5.73 Å². The van der Waals surface area contributed by atoms with E-state index in [1.165, 1.54) is 30.4 Å². The second-order valence-electron chi connectivity index (χ2n) is 8.34. The van der Waals surface area contributed by atoms with Crippen LogP contribution < -0.4 is 20.5 Å². The third-order valence-corrected chi connectivity index (χ3v) is 5.92. The molecule has 3 aromatic heterocycles. The number of primary amides is 1. The van der Waals surface area contributed by atoms with Crippen LogP contribution in [-0.4, -0.2) is 44.4 Å². The summed E-state index contributed by atoms with van der Waals surface area (Å²) < 4.78 is 41.8. The van der Waals surface area contributed by atoms with Crippen LogP contribution in [0.3, 0.4) is 0 Å². The fourth-order valence-electron chi connectivity index (χ4n) is 4.09. The molecule has 0 spiro atoms. The van der Waals surface area contributed by atoms with E-state index in [4.69, 9.17) is 15.2 Å². The molecular formula is C27H23F2N7O3. The number of aromatic nitrogens is 5. The number of nitrogens with zero attached hydrogens (tertiary/aromatic N) is 5. The molecule has 0 aliphatic rings. The monoisotopic (exact) mass is 531 g/mol. The van der Waals surface area contributed by atoms with Crippen molar-refractivity contribution in [3.05, 3.63) is 83.8 Å². The highest BCUT2D eigenvalue weighted by atomic mass is 19.1. The number of hydrogen-bond donors (Lipinski definition) is 2. The zero-order chi connectivity index (χ0) is 27.5. The van der Waals surface area contributed by atoms with Crippen LogP contribution in [-0.2, 0) is 6.54 Å². The Bertz CT molecular complexity index is 1670. The van der Waals surface area contributed by atoms with E-state index in [-0.39, 0.29) is 41.7 Å². The average molecular weight is 532 g/mol. The van der Waals surface area contributed by atoms with E-state index >= 15 is 0 Å². The Morgan fingerprint density at radius 2 is 1.90 bits per heavy atom. The molecule has 1 amide bonds. The van der Waals surface area contributed by atoms with E-state index in [1.54, 1.807) is 25.1 Å². The highest BCUT2D eigenvalue weighted by Crippen LogP contribution is 2.32. The molecule has 0 aliphatic carbocycles. The Morgan fingerprint density at radius 1 is 1.13 bits per heavy atom. The summed E-state index contributed by atoms with van der Waals surface area (Å²) in [5, 5.41) is 8.33. The van der Waals surface area contributed by atoms with Crippen molar-refractivity contribution in [2.75, 3.05) is 19.0 Å². The van der Waals surface area contributed by atoms with E-state index in [2.05, 4.69) is 25.4 Å². The first kappa shape index (κ1) is 25.5. The van der Waals surface area contributed by atoms with E-state index in [0.29, 0.717) is 28.0 Å². The van der Waals surface area contributed by atoms with Gasteiger partial charge < -0.3 is 20.5 Å². The van der Waals surface area contributed by atoms with Gasteiger partial charge in [0.15, 0.2) is 17.4 Å². The first-order valence-electron chi connectivity index (χ1n) is 11.9. The summed E-state index contributed by atoms with van der Waals surface area (Å²) >= 11 is 0. The number of para-hydroxylation sites is 1. The summed E-state index contributed by atoms with van der Waals surface area (Å²) in [6.07, 6.45) is 4.29. The molecule has 10 nitrogen and oxygen atoms in total. The summed E-state index contributed by atoms with van der Waals surface area (Å²) in [6.45, 7) is 1.84. The van der Waals surface area contributed by atoms with Crippen LogP contribution in [0, 0.1) is 11.6 Å². The van der Waals surface area contributed by atoms with E-state index in [0.717, 1.165) is 12.1 Å². The Kier molecular flexibility index (Phi) is 7.00. The van der Waals surface area contributed by atoms with Gasteiger partial charge in [0.1, 0.15) is 23.1 Å². The van der Waals surface area contributed by atoms with Crippen LogP contribution in [0.1, 0.15) is 22.8 Å². The predicted molar refractivity (Wildman–Crippen MR) is 140 cm³/mol. The molecule has 12 heteroatoms. The zero-order valence-corrected chi connectivity index (χ0v) is 21.0. The van der Waals surface area contributed by atoms with Gasteiger partial charge in [0.2, 0.25) is 0 Å². The van der Waals surface area contributed by atoms with Crippen LogP contribution in [0.4, 0.5) is 20.3 Å². The number of fused-ring (bicyclic) bond motifs is 1. The highest BCUT2D eigenvalue weighted by molar-refractivity contribution is 5.99. The molecule has 0 radical (unpaired) electrons. The fraction of sp³-hybridized carbons (Fsp3) is 0.148. The molecule has 5 rings (SSSR count). The molecule has 0 saturated carbocycles. The van der Waals surface area contributed by atoms with Gasteiger partial charge in [0.25, 0.3) is 5.91 Å². The summed E-state index contributed by atoms with van der Waals surface area (Å²) in [5.41, 5.74) is 6.86. The molecule has 0 bridgehead atoms. The van der Waals surface area contributed by atoms with Crippen LogP contribution in [0.5, 0.6) is 11.5 Å². The molecule has 3 heterocycles. The molecule has 0 aliphatic heterocycles. The summed E-state index contributed by atoms with van der Waals surface area (Å²) in [6, 6.07) is 11.1. The lowest BCUT2D eigenvalue weighted by molar-refractivity contribution is 0.100. The minimum Gasteiger partial charge on any atom is -0.494 e. The largest absolute Gasteiger partial charge is 0.494 e. The number of methoxy groups -OCH3 is 1. The van der Waals surface area contributed by atoms with E-state index in [1.807, 2.05) is 12.1 Å². The number of carbonyl (C=O) groups is 1. The normalized spacial score (nSPS) is 11.0. The van der Waals surface area contributed by atoms with E-state index < -0.39 is 17.5 Å². The molecule has 0 atom stereocenters. The quantitative estimate of drug-likeness (QED) is 0.285. The van der Waals surface area contributed by atoms with Crippen LogP contribution in [0.15, 0.2) is 61.1 Å². The van der Waals surface area contributed by atoms with Crippen molar-refractivity contribution in [1.82, 2.24) is 24.7 Å². The molecule has 3 N–H and O–H groups in total. The highest BCUT2D eigenvalue weighted by Gasteiger charge is 2.20. The maximum atomic E-state index is 14.8. The SMILES string of the molecule is CCOc1cc(F)c(Cn2nc(-c3ncc(OC)c(Nc4ccncc4C(N)=O)n3)c3ccccc32)c(F)c1. The number of halogens is 2. The maximum Gasteiger partial charge on any atom is 0.252 e. The molecule has 0 saturated heterocycles. The third-order valence-electron chi connectivity index (χ3n) is 5.92. The lowest BCUT2D eigenvalue weighted by Crippen LogP contribution is -2.14. The molecule has 2 aromatic carbocycles. The number of anilines is 2. The number of rotatable bonds is 9. The van der Waals surface area contributed by atoms with Gasteiger partial charge in [-0.3, -0.25) is 14.5 Å². The van der Waals surface area contributed by atoms with Crippen molar-refractivity contribution < 1.29 is 23.0 Å². The Labute approximate surface area is 221 Å². The van der Waals surface area contributed by atoms with Crippen LogP contribution in [0.2, 0.25) is 0 Å². The molecule has 0 fully saturated rings. The number of ether oxygens (including phenoxy) is 2. The van der Waals surface area contributed by atoms with Crippen LogP contribution >= 0.6 is 0 Å². The first-order chi connectivity index (χ1) is 18.9.